The van der Waals surface area contributed by atoms with Crippen LogP contribution in [0.5, 0.6) is 0 Å². The molecule has 142 valence electrons. The number of hydrogen-bond acceptors (Lipinski definition) is 6. The van der Waals surface area contributed by atoms with Crippen molar-refractivity contribution in [1.29, 1.82) is 0 Å². The third-order valence-corrected chi connectivity index (χ3v) is 5.08. The number of piperidine rings is 1. The van der Waals surface area contributed by atoms with E-state index in [4.69, 9.17) is 5.73 Å². The molecule has 0 spiro atoms. The number of benzene rings is 1. The van der Waals surface area contributed by atoms with Gasteiger partial charge in [0.1, 0.15) is 18.3 Å². The van der Waals surface area contributed by atoms with E-state index in [1.807, 2.05) is 28.8 Å². The molecule has 1 aromatic carbocycles. The highest BCUT2D eigenvalue weighted by molar-refractivity contribution is 5.80. The van der Waals surface area contributed by atoms with Gasteiger partial charge in [0, 0.05) is 17.1 Å². The van der Waals surface area contributed by atoms with Crippen LogP contribution in [0.1, 0.15) is 40.5 Å². The maximum absolute atomic E-state index is 6.47. The zero-order valence-corrected chi connectivity index (χ0v) is 16.3. The van der Waals surface area contributed by atoms with Gasteiger partial charge in [-0.3, -0.25) is 4.57 Å². The molecular weight excluding hydrogens is 338 g/mol. The first-order valence-electron chi connectivity index (χ1n) is 9.33. The fraction of sp³-hybridized carbons (Fsp3) is 0.450. The standard InChI is InChI=1S/C20H27N7/c1-19(2)9-13(10-20(3,4)26-19)25-17-16(21)18(23-11-22-17)27-12-24-14-7-5-6-8-15(14)27/h5-8,11-13,26H,9-10,21H2,1-4H3,(H,22,23,25). The number of para-hydroxylation sites is 2. The summed E-state index contributed by atoms with van der Waals surface area (Å²) in [5.41, 5.74) is 8.97. The van der Waals surface area contributed by atoms with Gasteiger partial charge in [-0.1, -0.05) is 12.1 Å². The van der Waals surface area contributed by atoms with Crippen LogP contribution in [-0.2, 0) is 0 Å². The number of rotatable bonds is 3. The Morgan fingerprint density at radius 2 is 1.78 bits per heavy atom. The van der Waals surface area contributed by atoms with Crippen LogP contribution in [0.2, 0.25) is 0 Å². The maximum atomic E-state index is 6.47. The van der Waals surface area contributed by atoms with Crippen LogP contribution in [-0.4, -0.2) is 36.6 Å². The van der Waals surface area contributed by atoms with Crippen molar-refractivity contribution < 1.29 is 0 Å². The van der Waals surface area contributed by atoms with Crippen molar-refractivity contribution in [1.82, 2.24) is 24.8 Å². The normalized spacial score (nSPS) is 19.3. The first kappa shape index (κ1) is 17.7. The van der Waals surface area contributed by atoms with E-state index in [1.54, 1.807) is 12.7 Å². The van der Waals surface area contributed by atoms with E-state index >= 15 is 0 Å². The Kier molecular flexibility index (Phi) is 4.07. The zero-order chi connectivity index (χ0) is 19.2. The first-order chi connectivity index (χ1) is 12.7. The molecule has 1 fully saturated rings. The molecule has 3 heterocycles. The van der Waals surface area contributed by atoms with E-state index in [0.29, 0.717) is 17.3 Å². The van der Waals surface area contributed by atoms with Gasteiger partial charge in [-0.05, 0) is 52.7 Å². The first-order valence-corrected chi connectivity index (χ1v) is 9.33. The van der Waals surface area contributed by atoms with Crippen molar-refractivity contribution in [3.05, 3.63) is 36.9 Å². The van der Waals surface area contributed by atoms with Crippen molar-refractivity contribution in [3.8, 4) is 5.82 Å². The van der Waals surface area contributed by atoms with Gasteiger partial charge in [-0.15, -0.1) is 0 Å². The van der Waals surface area contributed by atoms with Crippen LogP contribution < -0.4 is 16.4 Å². The second-order valence-corrected chi connectivity index (χ2v) is 8.71. The van der Waals surface area contributed by atoms with Crippen LogP contribution in [0.3, 0.4) is 0 Å². The number of nitrogens with zero attached hydrogens (tertiary/aromatic N) is 4. The second kappa shape index (κ2) is 6.20. The van der Waals surface area contributed by atoms with E-state index in [1.165, 1.54) is 0 Å². The summed E-state index contributed by atoms with van der Waals surface area (Å²) in [7, 11) is 0. The average molecular weight is 365 g/mol. The third kappa shape index (κ3) is 3.47. The Labute approximate surface area is 159 Å². The summed E-state index contributed by atoms with van der Waals surface area (Å²) in [5.74, 6) is 1.32. The highest BCUT2D eigenvalue weighted by atomic mass is 15.2. The van der Waals surface area contributed by atoms with E-state index in [0.717, 1.165) is 23.9 Å². The summed E-state index contributed by atoms with van der Waals surface area (Å²) in [6.07, 6.45) is 5.29. The number of nitrogens with two attached hydrogens (primary N) is 1. The fourth-order valence-electron chi connectivity index (χ4n) is 4.44. The summed E-state index contributed by atoms with van der Waals surface area (Å²) in [5, 5.41) is 7.26. The lowest BCUT2D eigenvalue weighted by atomic mass is 9.79. The van der Waals surface area contributed by atoms with E-state index in [-0.39, 0.29) is 17.1 Å². The van der Waals surface area contributed by atoms with Gasteiger partial charge in [-0.25, -0.2) is 15.0 Å². The SMILES string of the molecule is CC1(C)CC(Nc2ncnc(-n3cnc4ccccc43)c2N)CC(C)(C)N1. The van der Waals surface area contributed by atoms with Gasteiger partial charge in [0.25, 0.3) is 0 Å². The topological polar surface area (TPSA) is 93.7 Å². The second-order valence-electron chi connectivity index (χ2n) is 8.71. The predicted octanol–water partition coefficient (Wildman–Crippen LogP) is 3.12. The molecule has 0 radical (unpaired) electrons. The molecule has 0 unspecified atom stereocenters. The molecule has 1 aliphatic rings. The number of nitrogen functional groups attached to an aromatic ring is 1. The van der Waals surface area contributed by atoms with Gasteiger partial charge in [0.2, 0.25) is 0 Å². The molecule has 1 aliphatic heterocycles. The summed E-state index contributed by atoms with van der Waals surface area (Å²) < 4.78 is 1.91. The molecule has 0 atom stereocenters. The third-order valence-electron chi connectivity index (χ3n) is 5.08. The minimum Gasteiger partial charge on any atom is -0.393 e. The number of hydrogen-bond donors (Lipinski definition) is 3. The maximum Gasteiger partial charge on any atom is 0.167 e. The number of imidazole rings is 1. The molecule has 0 bridgehead atoms. The van der Waals surface area contributed by atoms with Gasteiger partial charge in [0.05, 0.1) is 11.0 Å². The predicted molar refractivity (Wildman–Crippen MR) is 109 cm³/mol. The Morgan fingerprint density at radius 1 is 1.07 bits per heavy atom. The molecule has 7 heteroatoms. The molecular formula is C20H27N7. The molecule has 1 saturated heterocycles. The summed E-state index contributed by atoms with van der Waals surface area (Å²) in [4.78, 5) is 13.3. The van der Waals surface area contributed by atoms with Gasteiger partial charge in [-0.2, -0.15) is 0 Å². The molecule has 0 amide bonds. The minimum atomic E-state index is 0.0462. The summed E-state index contributed by atoms with van der Waals surface area (Å²) in [6.45, 7) is 8.92. The van der Waals surface area contributed by atoms with E-state index < -0.39 is 0 Å². The minimum absolute atomic E-state index is 0.0462. The van der Waals surface area contributed by atoms with E-state index in [2.05, 4.69) is 53.3 Å². The number of anilines is 2. The number of aromatic nitrogens is 4. The Bertz CT molecular complexity index is 957. The number of fused-ring (bicyclic) bond motifs is 1. The Hall–Kier alpha value is -2.67. The summed E-state index contributed by atoms with van der Waals surface area (Å²) in [6, 6.07) is 8.21. The lowest BCUT2D eigenvalue weighted by Gasteiger charge is -2.46. The quantitative estimate of drug-likeness (QED) is 0.660. The zero-order valence-electron chi connectivity index (χ0n) is 16.3. The van der Waals surface area contributed by atoms with Crippen molar-refractivity contribution in [2.45, 2.75) is 57.7 Å². The van der Waals surface area contributed by atoms with Gasteiger partial charge in [0.15, 0.2) is 11.6 Å². The van der Waals surface area contributed by atoms with Crippen molar-refractivity contribution in [2.75, 3.05) is 11.1 Å². The van der Waals surface area contributed by atoms with Gasteiger partial charge < -0.3 is 16.4 Å². The molecule has 3 aromatic rings. The van der Waals surface area contributed by atoms with Crippen LogP contribution >= 0.6 is 0 Å². The lowest BCUT2D eigenvalue weighted by molar-refractivity contribution is 0.170. The monoisotopic (exact) mass is 365 g/mol. The van der Waals surface area contributed by atoms with Crippen molar-refractivity contribution >= 4 is 22.5 Å². The molecule has 0 saturated carbocycles. The largest absolute Gasteiger partial charge is 0.393 e. The Balaban J connectivity index is 1.67. The van der Waals surface area contributed by atoms with Crippen molar-refractivity contribution in [2.24, 2.45) is 0 Å². The average Bonchev–Trinajstić information content (AvgIpc) is 2.98. The fourth-order valence-corrected chi connectivity index (χ4v) is 4.44. The van der Waals surface area contributed by atoms with Crippen LogP contribution in [0, 0.1) is 0 Å². The smallest absolute Gasteiger partial charge is 0.167 e. The van der Waals surface area contributed by atoms with Crippen molar-refractivity contribution in [3.63, 3.8) is 0 Å². The molecule has 27 heavy (non-hydrogen) atoms. The molecule has 0 aliphatic carbocycles. The van der Waals surface area contributed by atoms with E-state index in [9.17, 15) is 0 Å². The van der Waals surface area contributed by atoms with Crippen LogP contribution in [0.4, 0.5) is 11.5 Å². The van der Waals surface area contributed by atoms with Crippen LogP contribution in [0.15, 0.2) is 36.9 Å². The molecule has 4 N–H and O–H groups in total. The van der Waals surface area contributed by atoms with Gasteiger partial charge >= 0.3 is 0 Å². The Morgan fingerprint density at radius 3 is 2.52 bits per heavy atom. The van der Waals surface area contributed by atoms with Crippen LogP contribution in [0.25, 0.3) is 16.9 Å². The highest BCUT2D eigenvalue weighted by Gasteiger charge is 2.38. The highest BCUT2D eigenvalue weighted by Crippen LogP contribution is 2.32. The molecule has 4 rings (SSSR count). The number of nitrogens with one attached hydrogen (secondary N) is 2. The summed E-state index contributed by atoms with van der Waals surface area (Å²) >= 11 is 0. The molecule has 7 nitrogen and oxygen atoms in total. The lowest BCUT2D eigenvalue weighted by Crippen LogP contribution is -2.60. The molecule has 2 aromatic heterocycles.